The van der Waals surface area contributed by atoms with Crippen molar-refractivity contribution in [3.63, 3.8) is 0 Å². The van der Waals surface area contributed by atoms with Crippen LogP contribution in [0.3, 0.4) is 0 Å². The van der Waals surface area contributed by atoms with Crippen LogP contribution < -0.4 is 5.32 Å². The molecule has 1 saturated heterocycles. The normalized spacial score (nSPS) is 14.3. The molecule has 4 aromatic heterocycles. The number of hydrogen-bond donors (Lipinski definition) is 1. The zero-order chi connectivity index (χ0) is 37.0. The van der Waals surface area contributed by atoms with E-state index in [9.17, 15) is 14.4 Å². The van der Waals surface area contributed by atoms with Gasteiger partial charge in [-0.15, -0.1) is 23.5 Å². The number of rotatable bonds is 8. The van der Waals surface area contributed by atoms with Gasteiger partial charge in [0.2, 0.25) is 0 Å². The maximum absolute atomic E-state index is 13.0. The lowest BCUT2D eigenvalue weighted by Crippen LogP contribution is -2.36. The molecule has 1 aliphatic rings. The highest BCUT2D eigenvalue weighted by molar-refractivity contribution is 7.98. The van der Waals surface area contributed by atoms with Crippen molar-refractivity contribution in [2.75, 3.05) is 30.9 Å². The third-order valence-electron chi connectivity index (χ3n) is 8.02. The van der Waals surface area contributed by atoms with Crippen LogP contribution in [0, 0.1) is 0 Å². The van der Waals surface area contributed by atoms with Crippen LogP contribution in [0.1, 0.15) is 59.0 Å². The second kappa shape index (κ2) is 15.8. The van der Waals surface area contributed by atoms with Gasteiger partial charge in [-0.3, -0.25) is 9.59 Å². The smallest absolute Gasteiger partial charge is 0.410 e. The maximum Gasteiger partial charge on any atom is 0.410 e. The average Bonchev–Trinajstić information content (AvgIpc) is 3.90. The topological polar surface area (TPSA) is 136 Å². The van der Waals surface area contributed by atoms with Crippen molar-refractivity contribution >= 4 is 69.9 Å². The van der Waals surface area contributed by atoms with Crippen molar-refractivity contribution in [3.8, 4) is 0 Å². The van der Waals surface area contributed by atoms with E-state index in [0.717, 1.165) is 16.5 Å². The number of ketones is 2. The molecule has 1 amide bonds. The summed E-state index contributed by atoms with van der Waals surface area (Å²) in [6.45, 7) is 6.74. The van der Waals surface area contributed by atoms with Crippen molar-refractivity contribution in [1.29, 1.82) is 0 Å². The molecule has 1 atom stereocenters. The number of ether oxygens (including phenoxy) is 1. The quantitative estimate of drug-likeness (QED) is 0.0943. The summed E-state index contributed by atoms with van der Waals surface area (Å²) in [5.41, 5.74) is 2.58. The van der Waals surface area contributed by atoms with Gasteiger partial charge in [-0.05, 0) is 39.7 Å². The Morgan fingerprint density at radius 2 is 1.33 bits per heavy atom. The third-order valence-corrected chi connectivity index (χ3v) is 9.63. The first-order valence-corrected chi connectivity index (χ1v) is 19.2. The maximum atomic E-state index is 13.0. The number of anilines is 1. The molecule has 0 radical (unpaired) electrons. The molecular formula is C37H37ClN8O4S2. The van der Waals surface area contributed by atoms with Gasteiger partial charge >= 0.3 is 6.09 Å². The Hall–Kier alpha value is -4.92. The van der Waals surface area contributed by atoms with E-state index in [4.69, 9.17) is 21.3 Å². The summed E-state index contributed by atoms with van der Waals surface area (Å²) < 4.78 is 8.80. The van der Waals surface area contributed by atoms with Gasteiger partial charge in [-0.25, -0.2) is 23.8 Å². The molecule has 7 rings (SSSR count). The molecule has 5 heterocycles. The number of halogens is 1. The number of benzene rings is 2. The van der Waals surface area contributed by atoms with Crippen molar-refractivity contribution < 1.29 is 19.1 Å². The van der Waals surface area contributed by atoms with Crippen LogP contribution in [0.2, 0.25) is 5.15 Å². The number of fused-ring (bicyclic) bond motifs is 2. The Kier molecular flexibility index (Phi) is 11.2. The van der Waals surface area contributed by atoms with Gasteiger partial charge in [0.25, 0.3) is 0 Å². The first-order valence-electron chi connectivity index (χ1n) is 16.4. The van der Waals surface area contributed by atoms with Crippen molar-refractivity contribution in [1.82, 2.24) is 34.1 Å². The van der Waals surface area contributed by atoms with Crippen molar-refractivity contribution in [2.24, 2.45) is 0 Å². The minimum Gasteiger partial charge on any atom is -0.444 e. The van der Waals surface area contributed by atoms with E-state index in [1.54, 1.807) is 50.5 Å². The van der Waals surface area contributed by atoms with E-state index in [-0.39, 0.29) is 23.7 Å². The van der Waals surface area contributed by atoms with Gasteiger partial charge in [0.1, 0.15) is 26.6 Å². The molecule has 268 valence electrons. The Morgan fingerprint density at radius 3 is 1.85 bits per heavy atom. The minimum absolute atomic E-state index is 0.0448. The molecule has 0 spiro atoms. The summed E-state index contributed by atoms with van der Waals surface area (Å²) >= 11 is 9.03. The number of amides is 1. The van der Waals surface area contributed by atoms with E-state index >= 15 is 0 Å². The number of hydrogen-bond acceptors (Lipinski definition) is 11. The molecule has 0 unspecified atom stereocenters. The van der Waals surface area contributed by atoms with E-state index < -0.39 is 5.60 Å². The molecule has 0 bridgehead atoms. The second-order valence-electron chi connectivity index (χ2n) is 12.8. The van der Waals surface area contributed by atoms with Crippen LogP contribution in [-0.2, 0) is 4.74 Å². The largest absolute Gasteiger partial charge is 0.444 e. The number of nitrogens with zero attached hydrogens (tertiary/aromatic N) is 7. The van der Waals surface area contributed by atoms with Crippen LogP contribution >= 0.6 is 35.1 Å². The first kappa shape index (κ1) is 36.9. The highest BCUT2D eigenvalue weighted by atomic mass is 35.5. The Bertz CT molecular complexity index is 2240. The predicted octanol–water partition coefficient (Wildman–Crippen LogP) is 7.44. The SMILES string of the molecule is CSc1cc(Cl)nc2c(C(=O)c3ccccc3)cnn12.CSc1cc(N[C@H]2CCN(C(=O)OC(C)(C)C)C2)nc2c(C(=O)c3ccccc3)cnn12. The average molecular weight is 757 g/mol. The van der Waals surface area contributed by atoms with Crippen LogP contribution in [-0.4, -0.2) is 89.0 Å². The lowest BCUT2D eigenvalue weighted by molar-refractivity contribution is 0.0293. The number of carbonyl (C=O) groups excluding carboxylic acids is 3. The number of likely N-dealkylation sites (tertiary alicyclic amines) is 1. The van der Waals surface area contributed by atoms with Crippen LogP contribution in [0.15, 0.2) is 95.2 Å². The molecule has 1 aliphatic heterocycles. The predicted molar refractivity (Wildman–Crippen MR) is 204 cm³/mol. The Balaban J connectivity index is 0.000000198. The van der Waals surface area contributed by atoms with E-state index in [1.807, 2.05) is 75.7 Å². The molecular weight excluding hydrogens is 720 g/mol. The molecule has 2 aromatic carbocycles. The zero-order valence-corrected chi connectivity index (χ0v) is 31.6. The fourth-order valence-corrected chi connectivity index (χ4v) is 6.92. The minimum atomic E-state index is -0.522. The van der Waals surface area contributed by atoms with Crippen LogP contribution in [0.4, 0.5) is 10.6 Å². The zero-order valence-electron chi connectivity index (χ0n) is 29.2. The second-order valence-corrected chi connectivity index (χ2v) is 14.9. The Labute approximate surface area is 314 Å². The summed E-state index contributed by atoms with van der Waals surface area (Å²) in [7, 11) is 0. The molecule has 0 saturated carbocycles. The number of thioether (sulfide) groups is 2. The molecule has 52 heavy (non-hydrogen) atoms. The fraction of sp³-hybridized carbons (Fsp3) is 0.270. The number of carbonyl (C=O) groups is 3. The summed E-state index contributed by atoms with van der Waals surface area (Å²) in [6.07, 6.45) is 7.47. The standard InChI is InChI=1S/C23H27N5O3S.C14H10ClN3OS/c1-23(2,3)31-22(30)27-11-10-16(14-27)25-18-12-19(32-4)28-21(26-18)17(13-24-28)20(29)15-8-6-5-7-9-15;1-20-12-7-11(15)17-14-10(8-16-18(12)14)13(19)9-5-3-2-4-6-9/h5-9,12-13,16H,10-11,14H2,1-4H3,(H,25,26);2-8H,1H3/t16-;/m0./s1. The van der Waals surface area contributed by atoms with Gasteiger partial charge < -0.3 is 15.0 Å². The number of aromatic nitrogens is 6. The third kappa shape index (κ3) is 8.24. The molecule has 15 heteroatoms. The highest BCUT2D eigenvalue weighted by Gasteiger charge is 2.30. The Morgan fingerprint density at radius 1 is 0.808 bits per heavy atom. The van der Waals surface area contributed by atoms with Gasteiger partial charge in [-0.2, -0.15) is 10.2 Å². The first-order chi connectivity index (χ1) is 25.0. The highest BCUT2D eigenvalue weighted by Crippen LogP contribution is 2.26. The molecule has 6 aromatic rings. The van der Waals surface area contributed by atoms with Crippen LogP contribution in [0.5, 0.6) is 0 Å². The molecule has 12 nitrogen and oxygen atoms in total. The monoisotopic (exact) mass is 756 g/mol. The fourth-order valence-electron chi connectivity index (χ4n) is 5.60. The summed E-state index contributed by atoms with van der Waals surface area (Å²) in [6, 6.07) is 21.9. The van der Waals surface area contributed by atoms with Gasteiger partial charge in [0.05, 0.1) is 23.5 Å². The van der Waals surface area contributed by atoms with Crippen LogP contribution in [0.25, 0.3) is 11.3 Å². The van der Waals surface area contributed by atoms with Gasteiger partial charge in [0, 0.05) is 42.4 Å². The summed E-state index contributed by atoms with van der Waals surface area (Å²) in [4.78, 5) is 48.5. The number of nitrogens with one attached hydrogen (secondary N) is 1. The van der Waals surface area contributed by atoms with Gasteiger partial charge in [0.15, 0.2) is 22.9 Å². The lowest BCUT2D eigenvalue weighted by Gasteiger charge is -2.24. The van der Waals surface area contributed by atoms with Crippen molar-refractivity contribution in [2.45, 2.75) is 48.9 Å². The lowest BCUT2D eigenvalue weighted by atomic mass is 10.1. The molecule has 0 aliphatic carbocycles. The van der Waals surface area contributed by atoms with Gasteiger partial charge in [-0.1, -0.05) is 72.3 Å². The van der Waals surface area contributed by atoms with Crippen molar-refractivity contribution in [3.05, 3.63) is 113 Å². The van der Waals surface area contributed by atoms with E-state index in [0.29, 0.717) is 57.6 Å². The van der Waals surface area contributed by atoms with E-state index in [2.05, 4.69) is 20.5 Å². The van der Waals surface area contributed by atoms with E-state index in [1.165, 1.54) is 29.7 Å². The summed E-state index contributed by atoms with van der Waals surface area (Å²) in [5, 5.41) is 14.1. The molecule has 1 N–H and O–H groups in total. The molecule has 1 fully saturated rings. The summed E-state index contributed by atoms with van der Waals surface area (Å²) in [5.74, 6) is 0.428.